The number of benzene rings is 2. The molecule has 0 aromatic heterocycles. The predicted octanol–water partition coefficient (Wildman–Crippen LogP) is 3.75. The van der Waals surface area contributed by atoms with Gasteiger partial charge in [0.1, 0.15) is 5.75 Å². The molecule has 4 atom stereocenters. The molecular weight excluding hydrogens is 416 g/mol. The Hall–Kier alpha value is -2.70. The maximum absolute atomic E-state index is 13.3. The van der Waals surface area contributed by atoms with E-state index in [1.807, 2.05) is 60.5 Å². The molecule has 0 radical (unpaired) electrons. The van der Waals surface area contributed by atoms with Crippen LogP contribution in [0.5, 0.6) is 5.75 Å². The van der Waals surface area contributed by atoms with Crippen LogP contribution >= 0.6 is 0 Å². The first-order valence-corrected chi connectivity index (χ1v) is 11.7. The van der Waals surface area contributed by atoms with Crippen molar-refractivity contribution in [2.75, 3.05) is 34.3 Å². The lowest BCUT2D eigenvalue weighted by molar-refractivity contribution is -0.131. The third-order valence-corrected chi connectivity index (χ3v) is 7.57. The van der Waals surface area contributed by atoms with Crippen LogP contribution in [0.1, 0.15) is 42.1 Å². The number of piperidine rings is 1. The summed E-state index contributed by atoms with van der Waals surface area (Å²) in [6.07, 6.45) is 2.64. The lowest BCUT2D eigenvalue weighted by Gasteiger charge is -2.56. The van der Waals surface area contributed by atoms with Gasteiger partial charge >= 0.3 is 5.97 Å². The zero-order valence-corrected chi connectivity index (χ0v) is 20.0. The summed E-state index contributed by atoms with van der Waals surface area (Å²) in [4.78, 5) is 29.1. The van der Waals surface area contributed by atoms with Crippen LogP contribution in [-0.2, 0) is 14.9 Å². The molecule has 1 saturated heterocycles. The maximum atomic E-state index is 13.3. The summed E-state index contributed by atoms with van der Waals surface area (Å²) in [7, 11) is 5.84. The van der Waals surface area contributed by atoms with Gasteiger partial charge in [-0.25, -0.2) is 0 Å². The first-order chi connectivity index (χ1) is 15.8. The number of ether oxygens (including phenoxy) is 2. The Bertz CT molecular complexity index is 995. The molecule has 6 heteroatoms. The maximum Gasteiger partial charge on any atom is 0.308 e. The van der Waals surface area contributed by atoms with Gasteiger partial charge in [-0.05, 0) is 62.7 Å². The second-order valence-electron chi connectivity index (χ2n) is 9.55. The second kappa shape index (κ2) is 9.65. The quantitative estimate of drug-likeness (QED) is 0.513. The minimum atomic E-state index is -0.325. The number of esters is 1. The summed E-state index contributed by atoms with van der Waals surface area (Å²) >= 11 is 0. The molecule has 0 spiro atoms. The van der Waals surface area contributed by atoms with Crippen LogP contribution in [0, 0.1) is 5.92 Å². The number of methoxy groups -OCH3 is 1. The fraction of sp³-hybridized carbons (Fsp3) is 0.481. The molecule has 0 N–H and O–H groups in total. The number of rotatable bonds is 5. The number of hydrogen-bond acceptors (Lipinski definition) is 5. The third kappa shape index (κ3) is 4.68. The SMILES string of the molecule is COC1CC(N(C)C(=O)c2ccccc2)CC2(c3cccc(OC(C)=O)c3)CCN(C)CC12. The highest BCUT2D eigenvalue weighted by molar-refractivity contribution is 5.94. The highest BCUT2D eigenvalue weighted by Crippen LogP contribution is 2.51. The number of hydrogen-bond donors (Lipinski definition) is 0. The average Bonchev–Trinajstić information content (AvgIpc) is 2.82. The fourth-order valence-corrected chi connectivity index (χ4v) is 5.86. The van der Waals surface area contributed by atoms with Gasteiger partial charge in [0, 0.05) is 50.6 Å². The summed E-state index contributed by atoms with van der Waals surface area (Å²) in [5.41, 5.74) is 1.69. The Morgan fingerprint density at radius 3 is 2.58 bits per heavy atom. The molecule has 1 aliphatic heterocycles. The number of carbonyl (C=O) groups excluding carboxylic acids is 2. The van der Waals surface area contributed by atoms with Crippen molar-refractivity contribution in [3.63, 3.8) is 0 Å². The van der Waals surface area contributed by atoms with Crippen LogP contribution in [0.15, 0.2) is 54.6 Å². The van der Waals surface area contributed by atoms with Crippen molar-refractivity contribution in [2.45, 2.75) is 43.7 Å². The van der Waals surface area contributed by atoms with Gasteiger partial charge in [0.2, 0.25) is 0 Å². The minimum Gasteiger partial charge on any atom is -0.427 e. The Morgan fingerprint density at radius 2 is 1.88 bits per heavy atom. The Morgan fingerprint density at radius 1 is 1.12 bits per heavy atom. The van der Waals surface area contributed by atoms with Crippen LogP contribution in [-0.4, -0.2) is 68.1 Å². The highest BCUT2D eigenvalue weighted by Gasteiger charge is 2.53. The van der Waals surface area contributed by atoms with Crippen molar-refractivity contribution in [2.24, 2.45) is 5.92 Å². The molecule has 2 aliphatic rings. The zero-order valence-electron chi connectivity index (χ0n) is 20.0. The highest BCUT2D eigenvalue weighted by atomic mass is 16.5. The monoisotopic (exact) mass is 450 g/mol. The molecular formula is C27H34N2O4. The summed E-state index contributed by atoms with van der Waals surface area (Å²) in [6.45, 7) is 3.32. The van der Waals surface area contributed by atoms with E-state index in [1.54, 1.807) is 7.11 Å². The van der Waals surface area contributed by atoms with Crippen molar-refractivity contribution >= 4 is 11.9 Å². The van der Waals surface area contributed by atoms with E-state index >= 15 is 0 Å². The Kier molecular flexibility index (Phi) is 6.86. The number of likely N-dealkylation sites (tertiary alicyclic amines) is 1. The largest absolute Gasteiger partial charge is 0.427 e. The molecule has 1 heterocycles. The van der Waals surface area contributed by atoms with Crippen LogP contribution in [0.3, 0.4) is 0 Å². The molecule has 4 unspecified atom stereocenters. The summed E-state index contributed by atoms with van der Waals surface area (Å²) in [5, 5.41) is 0. The van der Waals surface area contributed by atoms with E-state index in [9.17, 15) is 9.59 Å². The van der Waals surface area contributed by atoms with E-state index in [0.717, 1.165) is 37.9 Å². The molecule has 6 nitrogen and oxygen atoms in total. The predicted molar refractivity (Wildman–Crippen MR) is 127 cm³/mol. The zero-order chi connectivity index (χ0) is 23.6. The van der Waals surface area contributed by atoms with Crippen LogP contribution in [0.25, 0.3) is 0 Å². The summed E-state index contributed by atoms with van der Waals surface area (Å²) < 4.78 is 11.5. The third-order valence-electron chi connectivity index (χ3n) is 7.57. The molecule has 1 amide bonds. The number of nitrogens with zero attached hydrogens (tertiary/aromatic N) is 2. The molecule has 33 heavy (non-hydrogen) atoms. The van der Waals surface area contributed by atoms with Gasteiger partial charge in [-0.3, -0.25) is 9.59 Å². The van der Waals surface area contributed by atoms with Crippen molar-refractivity contribution in [1.82, 2.24) is 9.80 Å². The van der Waals surface area contributed by atoms with Crippen molar-refractivity contribution in [1.29, 1.82) is 0 Å². The molecule has 0 bridgehead atoms. The average molecular weight is 451 g/mol. The van der Waals surface area contributed by atoms with Crippen molar-refractivity contribution in [3.05, 3.63) is 65.7 Å². The molecule has 4 rings (SSSR count). The minimum absolute atomic E-state index is 0.0231. The van der Waals surface area contributed by atoms with Gasteiger partial charge in [-0.1, -0.05) is 30.3 Å². The summed E-state index contributed by atoms with van der Waals surface area (Å²) in [5.74, 6) is 0.557. The first-order valence-electron chi connectivity index (χ1n) is 11.7. The van der Waals surface area contributed by atoms with E-state index in [0.29, 0.717) is 11.3 Å². The second-order valence-corrected chi connectivity index (χ2v) is 9.55. The number of amides is 1. The van der Waals surface area contributed by atoms with Gasteiger partial charge < -0.3 is 19.3 Å². The van der Waals surface area contributed by atoms with E-state index in [4.69, 9.17) is 9.47 Å². The lowest BCUT2D eigenvalue weighted by Crippen LogP contribution is -2.61. The molecule has 176 valence electrons. The van der Waals surface area contributed by atoms with Crippen LogP contribution < -0.4 is 4.74 Å². The first kappa shape index (κ1) is 23.5. The summed E-state index contributed by atoms with van der Waals surface area (Å²) in [6, 6.07) is 17.4. The van der Waals surface area contributed by atoms with Crippen molar-refractivity contribution < 1.29 is 19.1 Å². The van der Waals surface area contributed by atoms with Gasteiger partial charge in [0.15, 0.2) is 0 Å². The molecule has 1 saturated carbocycles. The van der Waals surface area contributed by atoms with Gasteiger partial charge in [0.25, 0.3) is 5.91 Å². The van der Waals surface area contributed by atoms with E-state index in [1.165, 1.54) is 6.92 Å². The van der Waals surface area contributed by atoms with E-state index in [-0.39, 0.29) is 35.4 Å². The molecule has 2 aromatic carbocycles. The Balaban J connectivity index is 1.72. The fourth-order valence-electron chi connectivity index (χ4n) is 5.86. The molecule has 2 aromatic rings. The molecule has 2 fully saturated rings. The van der Waals surface area contributed by atoms with Gasteiger partial charge in [-0.2, -0.15) is 0 Å². The number of fused-ring (bicyclic) bond motifs is 1. The van der Waals surface area contributed by atoms with E-state index in [2.05, 4.69) is 18.0 Å². The lowest BCUT2D eigenvalue weighted by atomic mass is 9.56. The number of carbonyl (C=O) groups is 2. The smallest absolute Gasteiger partial charge is 0.308 e. The van der Waals surface area contributed by atoms with E-state index < -0.39 is 0 Å². The standard InChI is InChI=1S/C27H34N2O4/c1-19(30)33-23-12-8-11-21(15-23)27-13-14-28(2)18-24(27)25(32-4)16-22(17-27)29(3)26(31)20-9-6-5-7-10-20/h5-12,15,22,24-25H,13-14,16-18H2,1-4H3. The van der Waals surface area contributed by atoms with Crippen LogP contribution in [0.4, 0.5) is 0 Å². The Labute approximate surface area is 196 Å². The normalized spacial score (nSPS) is 27.5. The molecule has 1 aliphatic carbocycles. The van der Waals surface area contributed by atoms with Crippen molar-refractivity contribution in [3.8, 4) is 5.75 Å². The van der Waals surface area contributed by atoms with Crippen LogP contribution in [0.2, 0.25) is 0 Å². The topological polar surface area (TPSA) is 59.1 Å². The van der Waals surface area contributed by atoms with Gasteiger partial charge in [0.05, 0.1) is 6.10 Å². The van der Waals surface area contributed by atoms with Gasteiger partial charge in [-0.15, -0.1) is 0 Å².